The lowest BCUT2D eigenvalue weighted by atomic mass is 9.99. The molecule has 0 atom stereocenters. The highest BCUT2D eigenvalue weighted by Crippen LogP contribution is 2.23. The third-order valence-electron chi connectivity index (χ3n) is 4.22. The van der Waals surface area contributed by atoms with Crippen LogP contribution >= 0.6 is 0 Å². The Hall–Kier alpha value is -2.82. The summed E-state index contributed by atoms with van der Waals surface area (Å²) in [5.74, 6) is -0.143. The van der Waals surface area contributed by atoms with Gasteiger partial charge in [-0.15, -0.1) is 0 Å². The van der Waals surface area contributed by atoms with Crippen molar-refractivity contribution in [2.75, 3.05) is 19.0 Å². The van der Waals surface area contributed by atoms with E-state index in [9.17, 15) is 9.59 Å². The molecule has 2 aromatic rings. The van der Waals surface area contributed by atoms with Gasteiger partial charge in [-0.2, -0.15) is 0 Å². The number of hydrogen-bond acceptors (Lipinski definition) is 3. The molecule has 0 saturated heterocycles. The van der Waals surface area contributed by atoms with E-state index in [0.29, 0.717) is 18.7 Å². The number of rotatable bonds is 2. The third-order valence-corrected chi connectivity index (χ3v) is 4.22. The molecule has 5 nitrogen and oxygen atoms in total. The largest absolute Gasteiger partial charge is 0.453 e. The zero-order valence-electron chi connectivity index (χ0n) is 13.8. The molecule has 1 aliphatic rings. The summed E-state index contributed by atoms with van der Waals surface area (Å²) in [5.41, 5.74) is 4.70. The van der Waals surface area contributed by atoms with Crippen molar-refractivity contribution in [1.29, 1.82) is 0 Å². The Balaban J connectivity index is 1.75. The summed E-state index contributed by atoms with van der Waals surface area (Å²) in [5, 5.41) is 2.91. The Morgan fingerprint density at radius 1 is 1.08 bits per heavy atom. The summed E-state index contributed by atoms with van der Waals surface area (Å²) in [7, 11) is 1.38. The lowest BCUT2D eigenvalue weighted by Gasteiger charge is -2.28. The normalized spacial score (nSPS) is 13.2. The molecule has 0 fully saturated rings. The van der Waals surface area contributed by atoms with Gasteiger partial charge in [0, 0.05) is 24.3 Å². The number of benzene rings is 2. The molecule has 5 heteroatoms. The van der Waals surface area contributed by atoms with Crippen LogP contribution in [0.15, 0.2) is 42.5 Å². The van der Waals surface area contributed by atoms with Gasteiger partial charge >= 0.3 is 6.09 Å². The molecule has 0 aromatic heterocycles. The molecule has 0 radical (unpaired) electrons. The molecule has 0 saturated carbocycles. The summed E-state index contributed by atoms with van der Waals surface area (Å²) < 4.78 is 4.78. The fourth-order valence-corrected chi connectivity index (χ4v) is 2.83. The van der Waals surface area contributed by atoms with E-state index < -0.39 is 0 Å². The van der Waals surface area contributed by atoms with Crippen LogP contribution in [0.4, 0.5) is 10.5 Å². The van der Waals surface area contributed by atoms with E-state index in [4.69, 9.17) is 4.74 Å². The van der Waals surface area contributed by atoms with Crippen LogP contribution in [0, 0.1) is 6.92 Å². The maximum Gasteiger partial charge on any atom is 0.409 e. The number of carbonyl (C=O) groups excluding carboxylic acids is 2. The Morgan fingerprint density at radius 2 is 1.83 bits per heavy atom. The van der Waals surface area contributed by atoms with Gasteiger partial charge in [0.1, 0.15) is 0 Å². The van der Waals surface area contributed by atoms with E-state index >= 15 is 0 Å². The molecule has 124 valence electrons. The van der Waals surface area contributed by atoms with Gasteiger partial charge in [0.25, 0.3) is 5.91 Å². The number of nitrogens with zero attached hydrogens (tertiary/aromatic N) is 1. The smallest absolute Gasteiger partial charge is 0.409 e. The first-order valence-corrected chi connectivity index (χ1v) is 7.89. The first kappa shape index (κ1) is 16.1. The Labute approximate surface area is 141 Å². The standard InChI is InChI=1S/C19H20N2O3/c1-13-3-5-15(6-4-13)18(22)20-17-8-7-14-9-10-21(19(23)24-2)12-16(14)11-17/h3-8,11H,9-10,12H2,1-2H3,(H,20,22). The van der Waals surface area contributed by atoms with Crippen LogP contribution in [0.5, 0.6) is 0 Å². The minimum atomic E-state index is -0.324. The first-order chi connectivity index (χ1) is 11.6. The van der Waals surface area contributed by atoms with Crippen molar-refractivity contribution in [3.8, 4) is 0 Å². The molecule has 0 unspecified atom stereocenters. The lowest BCUT2D eigenvalue weighted by Crippen LogP contribution is -2.35. The van der Waals surface area contributed by atoms with Gasteiger partial charge in [-0.25, -0.2) is 4.79 Å². The van der Waals surface area contributed by atoms with Crippen LogP contribution in [0.2, 0.25) is 0 Å². The maximum atomic E-state index is 12.3. The molecular formula is C19H20N2O3. The predicted octanol–water partition coefficient (Wildman–Crippen LogP) is 3.37. The zero-order chi connectivity index (χ0) is 17.1. The van der Waals surface area contributed by atoms with Crippen molar-refractivity contribution in [2.45, 2.75) is 19.9 Å². The highest BCUT2D eigenvalue weighted by Gasteiger charge is 2.21. The van der Waals surface area contributed by atoms with Gasteiger partial charge in [0.15, 0.2) is 0 Å². The number of methoxy groups -OCH3 is 1. The average molecular weight is 324 g/mol. The summed E-state index contributed by atoms with van der Waals surface area (Å²) >= 11 is 0. The van der Waals surface area contributed by atoms with Gasteiger partial charge in [0.05, 0.1) is 7.11 Å². The van der Waals surface area contributed by atoms with Crippen molar-refractivity contribution >= 4 is 17.7 Å². The average Bonchev–Trinajstić information content (AvgIpc) is 2.61. The van der Waals surface area contributed by atoms with Crippen LogP contribution in [0.3, 0.4) is 0 Å². The number of ether oxygens (including phenoxy) is 1. The Morgan fingerprint density at radius 3 is 2.54 bits per heavy atom. The predicted molar refractivity (Wildman–Crippen MR) is 92.1 cm³/mol. The molecule has 1 heterocycles. The topological polar surface area (TPSA) is 58.6 Å². The summed E-state index contributed by atoms with van der Waals surface area (Å²) in [6.45, 7) is 3.13. The molecule has 2 aromatic carbocycles. The van der Waals surface area contributed by atoms with Crippen LogP contribution in [0.25, 0.3) is 0 Å². The van der Waals surface area contributed by atoms with Crippen LogP contribution in [0.1, 0.15) is 27.0 Å². The second-order valence-electron chi connectivity index (χ2n) is 5.95. The fourth-order valence-electron chi connectivity index (χ4n) is 2.83. The van der Waals surface area contributed by atoms with E-state index in [-0.39, 0.29) is 12.0 Å². The molecule has 1 N–H and O–H groups in total. The minimum Gasteiger partial charge on any atom is -0.453 e. The first-order valence-electron chi connectivity index (χ1n) is 7.89. The third kappa shape index (κ3) is 3.40. The van der Waals surface area contributed by atoms with Gasteiger partial charge in [-0.3, -0.25) is 4.79 Å². The second-order valence-corrected chi connectivity index (χ2v) is 5.95. The van der Waals surface area contributed by atoms with Crippen LogP contribution in [-0.2, 0) is 17.7 Å². The van der Waals surface area contributed by atoms with Crippen molar-refractivity contribution in [3.05, 3.63) is 64.7 Å². The minimum absolute atomic E-state index is 0.143. The molecule has 0 aliphatic carbocycles. The van der Waals surface area contributed by atoms with Gasteiger partial charge in [-0.05, 0) is 48.7 Å². The Kier molecular flexibility index (Phi) is 4.51. The van der Waals surface area contributed by atoms with Crippen molar-refractivity contribution in [3.63, 3.8) is 0 Å². The molecular weight excluding hydrogens is 304 g/mol. The molecule has 2 amide bonds. The maximum absolute atomic E-state index is 12.3. The van der Waals surface area contributed by atoms with Crippen molar-refractivity contribution in [1.82, 2.24) is 4.90 Å². The number of hydrogen-bond donors (Lipinski definition) is 1. The SMILES string of the molecule is COC(=O)N1CCc2ccc(NC(=O)c3ccc(C)cc3)cc2C1. The van der Waals surface area contributed by atoms with Crippen LogP contribution < -0.4 is 5.32 Å². The fraction of sp³-hybridized carbons (Fsp3) is 0.263. The zero-order valence-corrected chi connectivity index (χ0v) is 13.8. The molecule has 1 aliphatic heterocycles. The Bertz CT molecular complexity index is 769. The van der Waals surface area contributed by atoms with Gasteiger partial charge < -0.3 is 15.0 Å². The molecule has 0 bridgehead atoms. The van der Waals surface area contributed by atoms with Gasteiger partial charge in [0.2, 0.25) is 0 Å². The van der Waals surface area contributed by atoms with E-state index in [1.165, 1.54) is 12.7 Å². The van der Waals surface area contributed by atoms with Crippen LogP contribution in [-0.4, -0.2) is 30.6 Å². The number of nitrogens with one attached hydrogen (secondary N) is 1. The summed E-state index contributed by atoms with van der Waals surface area (Å²) in [6, 6.07) is 13.3. The van der Waals surface area contributed by atoms with E-state index in [0.717, 1.165) is 23.2 Å². The van der Waals surface area contributed by atoms with Crippen molar-refractivity contribution < 1.29 is 14.3 Å². The van der Waals surface area contributed by atoms with E-state index in [1.54, 1.807) is 4.90 Å². The lowest BCUT2D eigenvalue weighted by molar-refractivity contribution is 0.102. The monoisotopic (exact) mass is 324 g/mol. The quantitative estimate of drug-likeness (QED) is 0.921. The summed E-state index contributed by atoms with van der Waals surface area (Å²) in [4.78, 5) is 25.7. The highest BCUT2D eigenvalue weighted by molar-refractivity contribution is 6.04. The number of carbonyl (C=O) groups is 2. The van der Waals surface area contributed by atoms with E-state index in [1.807, 2.05) is 49.4 Å². The van der Waals surface area contributed by atoms with E-state index in [2.05, 4.69) is 5.32 Å². The summed E-state index contributed by atoms with van der Waals surface area (Å²) in [6.07, 6.45) is 0.464. The highest BCUT2D eigenvalue weighted by atomic mass is 16.5. The molecule has 0 spiro atoms. The van der Waals surface area contributed by atoms with Crippen molar-refractivity contribution in [2.24, 2.45) is 0 Å². The number of amides is 2. The molecule has 24 heavy (non-hydrogen) atoms. The second kappa shape index (κ2) is 6.74. The number of anilines is 1. The van der Waals surface area contributed by atoms with Gasteiger partial charge in [-0.1, -0.05) is 23.8 Å². The number of fused-ring (bicyclic) bond motifs is 1. The number of aryl methyl sites for hydroxylation is 1. The molecule has 3 rings (SSSR count).